The number of aliphatic hydroxyl groups is 1. The van der Waals surface area contributed by atoms with Gasteiger partial charge < -0.3 is 24.6 Å². The highest BCUT2D eigenvalue weighted by atomic mass is 19.3. The van der Waals surface area contributed by atoms with Crippen LogP contribution in [-0.2, 0) is 10.7 Å². The first-order chi connectivity index (χ1) is 18.3. The van der Waals surface area contributed by atoms with Gasteiger partial charge in [0.2, 0.25) is 5.92 Å². The number of alkyl halides is 4. The summed E-state index contributed by atoms with van der Waals surface area (Å²) >= 11 is 0. The zero-order valence-electron chi connectivity index (χ0n) is 22.0. The Morgan fingerprint density at radius 1 is 1.10 bits per heavy atom. The van der Waals surface area contributed by atoms with E-state index in [9.17, 15) is 17.6 Å². The number of aromatic nitrogens is 2. The van der Waals surface area contributed by atoms with Gasteiger partial charge in [-0.3, -0.25) is 0 Å². The van der Waals surface area contributed by atoms with Crippen LogP contribution in [0.1, 0.15) is 42.8 Å². The van der Waals surface area contributed by atoms with Gasteiger partial charge in [-0.15, -0.1) is 0 Å². The number of anilines is 1. The second kappa shape index (κ2) is 10.7. The number of aryl methyl sites for hydroxylation is 1. The molecule has 39 heavy (non-hydrogen) atoms. The van der Waals surface area contributed by atoms with Gasteiger partial charge in [-0.2, -0.15) is 8.78 Å². The molecule has 212 valence electrons. The number of hydrogen-bond acceptors (Lipinski definition) is 7. The summed E-state index contributed by atoms with van der Waals surface area (Å²) in [5.74, 6) is -6.42. The van der Waals surface area contributed by atoms with Crippen LogP contribution in [0.5, 0.6) is 11.5 Å². The lowest BCUT2D eigenvalue weighted by molar-refractivity contribution is -0.190. The third-order valence-electron chi connectivity index (χ3n) is 6.79. The predicted molar refractivity (Wildman–Crippen MR) is 134 cm³/mol. The van der Waals surface area contributed by atoms with E-state index in [4.69, 9.17) is 19.3 Å². The Hall–Kier alpha value is -3.25. The third-order valence-corrected chi connectivity index (χ3v) is 6.79. The summed E-state index contributed by atoms with van der Waals surface area (Å²) in [6.07, 6.45) is -0.730. The summed E-state index contributed by atoms with van der Waals surface area (Å²) in [6.45, 7) is 1.76. The van der Waals surface area contributed by atoms with Crippen molar-refractivity contribution >= 4 is 16.7 Å². The van der Waals surface area contributed by atoms with E-state index in [1.807, 2.05) is 0 Å². The zero-order chi connectivity index (χ0) is 28.6. The molecular formula is C27H30F5N3O4. The summed E-state index contributed by atoms with van der Waals surface area (Å²) in [6, 6.07) is 5.96. The third kappa shape index (κ3) is 5.86. The minimum absolute atomic E-state index is 0.0404. The van der Waals surface area contributed by atoms with E-state index in [0.717, 1.165) is 6.07 Å². The Balaban J connectivity index is 1.67. The Labute approximate surface area is 222 Å². The summed E-state index contributed by atoms with van der Waals surface area (Å²) in [4.78, 5) is 8.84. The molecule has 1 heterocycles. The smallest absolute Gasteiger partial charge is 0.298 e. The van der Waals surface area contributed by atoms with E-state index in [1.165, 1.54) is 26.4 Å². The van der Waals surface area contributed by atoms with Crippen molar-refractivity contribution < 1.29 is 41.3 Å². The molecule has 1 saturated carbocycles. The van der Waals surface area contributed by atoms with Gasteiger partial charge in [0.1, 0.15) is 24.1 Å². The van der Waals surface area contributed by atoms with Gasteiger partial charge >= 0.3 is 0 Å². The second-order valence-corrected chi connectivity index (χ2v) is 10.0. The molecule has 2 N–H and O–H groups in total. The molecule has 0 aliphatic heterocycles. The van der Waals surface area contributed by atoms with Crippen LogP contribution < -0.4 is 14.8 Å². The van der Waals surface area contributed by atoms with Gasteiger partial charge in [-0.25, -0.2) is 23.1 Å². The molecule has 0 radical (unpaired) electrons. The van der Waals surface area contributed by atoms with Crippen LogP contribution in [0.15, 0.2) is 30.3 Å². The molecule has 3 aromatic rings. The van der Waals surface area contributed by atoms with Crippen molar-refractivity contribution in [2.75, 3.05) is 39.4 Å². The molecule has 1 fully saturated rings. The number of nitrogens with one attached hydrogen (secondary N) is 1. The van der Waals surface area contributed by atoms with Crippen LogP contribution in [0.25, 0.3) is 10.9 Å². The normalized spacial score (nSPS) is 17.0. The van der Waals surface area contributed by atoms with E-state index in [0.29, 0.717) is 22.5 Å². The minimum Gasteiger partial charge on any atom is -0.493 e. The maximum absolute atomic E-state index is 15.1. The van der Waals surface area contributed by atoms with Crippen molar-refractivity contribution in [3.05, 3.63) is 53.1 Å². The van der Waals surface area contributed by atoms with E-state index in [1.54, 1.807) is 26.0 Å². The van der Waals surface area contributed by atoms with Gasteiger partial charge in [0, 0.05) is 42.4 Å². The molecule has 4 rings (SSSR count). The van der Waals surface area contributed by atoms with E-state index >= 15 is 4.39 Å². The molecule has 0 amide bonds. The number of benzene rings is 2. The minimum atomic E-state index is -3.74. The number of ether oxygens (including phenoxy) is 3. The first-order valence-corrected chi connectivity index (χ1v) is 12.2. The number of rotatable bonds is 11. The molecule has 1 aliphatic carbocycles. The van der Waals surface area contributed by atoms with Crippen molar-refractivity contribution in [2.45, 2.75) is 44.6 Å². The lowest BCUT2D eigenvalue weighted by atomic mass is 9.67. The predicted octanol–water partition coefficient (Wildman–Crippen LogP) is 5.78. The molecule has 12 heteroatoms. The molecule has 0 bridgehead atoms. The first kappa shape index (κ1) is 28.8. The molecule has 7 nitrogen and oxygen atoms in total. The maximum atomic E-state index is 15.1. The van der Waals surface area contributed by atoms with Gasteiger partial charge in [0.15, 0.2) is 11.5 Å². The molecule has 1 aromatic heterocycles. The highest BCUT2D eigenvalue weighted by Gasteiger charge is 2.57. The first-order valence-electron chi connectivity index (χ1n) is 12.2. The molecule has 0 unspecified atom stereocenters. The molecule has 0 spiro atoms. The van der Waals surface area contributed by atoms with Gasteiger partial charge in [0.25, 0.3) is 5.92 Å². The fourth-order valence-electron chi connectivity index (χ4n) is 5.00. The molecule has 0 saturated heterocycles. The SMILES string of the molecule is COCC1(COc2cc3c(N[C@H](C)c4cccc(C(F)(F)CO)c4F)nc(C)nc3cc2OC)CC(F)(F)C1. The molecular weight excluding hydrogens is 525 g/mol. The van der Waals surface area contributed by atoms with E-state index in [2.05, 4.69) is 15.3 Å². The van der Waals surface area contributed by atoms with Crippen LogP contribution in [0.2, 0.25) is 0 Å². The number of aliphatic hydroxyl groups excluding tert-OH is 1. The summed E-state index contributed by atoms with van der Waals surface area (Å²) in [7, 11) is 2.88. The van der Waals surface area contributed by atoms with E-state index in [-0.39, 0.29) is 43.2 Å². The van der Waals surface area contributed by atoms with Crippen molar-refractivity contribution in [2.24, 2.45) is 5.41 Å². The summed E-state index contributed by atoms with van der Waals surface area (Å²) < 4.78 is 87.1. The van der Waals surface area contributed by atoms with Crippen molar-refractivity contribution in [1.82, 2.24) is 9.97 Å². The monoisotopic (exact) mass is 555 g/mol. The van der Waals surface area contributed by atoms with Crippen molar-refractivity contribution in [3.8, 4) is 11.5 Å². The molecule has 1 atom stereocenters. The lowest BCUT2D eigenvalue weighted by Crippen LogP contribution is -2.52. The average Bonchev–Trinajstić information content (AvgIpc) is 2.85. The van der Waals surface area contributed by atoms with Crippen LogP contribution in [-0.4, -0.2) is 55.0 Å². The quantitative estimate of drug-likeness (QED) is 0.290. The molecule has 2 aromatic carbocycles. The van der Waals surface area contributed by atoms with Crippen LogP contribution in [0.4, 0.5) is 27.8 Å². The largest absolute Gasteiger partial charge is 0.493 e. The highest BCUT2D eigenvalue weighted by molar-refractivity contribution is 5.92. The summed E-state index contributed by atoms with van der Waals surface area (Å²) in [5, 5.41) is 12.5. The Morgan fingerprint density at radius 3 is 2.44 bits per heavy atom. The zero-order valence-corrected chi connectivity index (χ0v) is 22.0. The number of nitrogens with zero attached hydrogens (tertiary/aromatic N) is 2. The number of fused-ring (bicyclic) bond motifs is 1. The maximum Gasteiger partial charge on any atom is 0.298 e. The van der Waals surface area contributed by atoms with Crippen molar-refractivity contribution in [1.29, 1.82) is 0 Å². The fraction of sp³-hybridized carbons (Fsp3) is 0.481. The van der Waals surface area contributed by atoms with E-state index < -0.39 is 41.3 Å². The standard InChI is InChI=1S/C27H30F5N3O4/c1-15(17-6-5-7-19(23(17)28)27(31,32)12-36)33-24-18-8-22(21(38-4)9-20(18)34-16(2)35-24)39-14-25(13-37-3)10-26(29,30)11-25/h5-9,15,36H,10-14H2,1-4H3,(H,33,34,35)/t15-/m1/s1. The Bertz CT molecular complexity index is 1350. The van der Waals surface area contributed by atoms with Gasteiger partial charge in [-0.1, -0.05) is 12.1 Å². The molecule has 1 aliphatic rings. The summed E-state index contributed by atoms with van der Waals surface area (Å²) in [5.41, 5.74) is -1.35. The lowest BCUT2D eigenvalue weighted by Gasteiger charge is -2.46. The number of halogens is 5. The average molecular weight is 556 g/mol. The topological polar surface area (TPSA) is 85.7 Å². The second-order valence-electron chi connectivity index (χ2n) is 10.0. The number of hydrogen-bond donors (Lipinski definition) is 2. The van der Waals surface area contributed by atoms with Crippen LogP contribution >= 0.6 is 0 Å². The Kier molecular flexibility index (Phi) is 7.91. The fourth-order valence-corrected chi connectivity index (χ4v) is 5.00. The highest BCUT2D eigenvalue weighted by Crippen LogP contribution is 2.52. The van der Waals surface area contributed by atoms with Gasteiger partial charge in [-0.05, 0) is 26.0 Å². The Morgan fingerprint density at radius 2 is 1.82 bits per heavy atom. The van der Waals surface area contributed by atoms with Crippen LogP contribution in [0.3, 0.4) is 0 Å². The number of methoxy groups -OCH3 is 2. The van der Waals surface area contributed by atoms with Crippen LogP contribution in [0, 0.1) is 18.2 Å². The van der Waals surface area contributed by atoms with Gasteiger partial charge in [0.05, 0.1) is 37.4 Å². The van der Waals surface area contributed by atoms with Crippen molar-refractivity contribution in [3.63, 3.8) is 0 Å².